The third-order valence-corrected chi connectivity index (χ3v) is 3.12. The molecule has 0 aromatic carbocycles. The number of rotatable bonds is 2. The van der Waals surface area contributed by atoms with Gasteiger partial charge in [-0.2, -0.15) is 0 Å². The Morgan fingerprint density at radius 1 is 1.29 bits per heavy atom. The van der Waals surface area contributed by atoms with E-state index in [4.69, 9.17) is 0 Å². The summed E-state index contributed by atoms with van der Waals surface area (Å²) in [6.45, 7) is 9.29. The Hall–Kier alpha value is -0.560. The number of piperazine rings is 1. The summed E-state index contributed by atoms with van der Waals surface area (Å²) >= 11 is 0. The van der Waals surface area contributed by atoms with Crippen LogP contribution in [0, 0.1) is 17.3 Å². The summed E-state index contributed by atoms with van der Waals surface area (Å²) in [6.07, 6.45) is 0.220. The molecule has 1 saturated heterocycles. The Bertz CT molecular complexity index is 298. The average molecular weight is 238 g/mol. The maximum atomic E-state index is 10.2. The molecule has 0 saturated carbocycles. The number of hydrogen-bond acceptors (Lipinski definition) is 3. The molecule has 0 aromatic heterocycles. The largest absolute Gasteiger partial charge is 0.390 e. The zero-order chi connectivity index (χ0) is 13.1. The highest BCUT2D eigenvalue weighted by atomic mass is 16.3. The van der Waals surface area contributed by atoms with E-state index in [1.165, 1.54) is 0 Å². The van der Waals surface area contributed by atoms with Gasteiger partial charge in [-0.1, -0.05) is 11.8 Å². The fourth-order valence-electron chi connectivity index (χ4n) is 2.02. The number of likely N-dealkylation sites (N-methyl/N-ethyl adjacent to an activating group) is 2. The molecule has 2 unspecified atom stereocenters. The molecule has 3 nitrogen and oxygen atoms in total. The molecule has 1 aliphatic rings. The Morgan fingerprint density at radius 2 is 1.94 bits per heavy atom. The van der Waals surface area contributed by atoms with Crippen molar-refractivity contribution < 1.29 is 5.11 Å². The summed E-state index contributed by atoms with van der Waals surface area (Å²) in [5, 5.41) is 10.2. The Kier molecular flexibility index (Phi) is 5.00. The van der Waals surface area contributed by atoms with E-state index in [1.54, 1.807) is 0 Å². The molecule has 1 fully saturated rings. The van der Waals surface area contributed by atoms with Gasteiger partial charge in [0.05, 0.1) is 6.10 Å². The summed E-state index contributed by atoms with van der Waals surface area (Å²) in [5.74, 6) is 6.29. The molecule has 0 aromatic rings. The van der Waals surface area contributed by atoms with Gasteiger partial charge >= 0.3 is 0 Å². The van der Waals surface area contributed by atoms with Crippen molar-refractivity contribution in [1.82, 2.24) is 9.80 Å². The smallest absolute Gasteiger partial charge is 0.0816 e. The Balaban J connectivity index is 2.50. The van der Waals surface area contributed by atoms with Crippen molar-refractivity contribution in [3.05, 3.63) is 0 Å². The third kappa shape index (κ3) is 5.08. The molecule has 1 rings (SSSR count). The molecule has 98 valence electrons. The first-order valence-corrected chi connectivity index (χ1v) is 6.36. The SMILES string of the molecule is CN1CCN(C)C(C(O)CC#CC(C)(C)C)C1. The summed E-state index contributed by atoms with van der Waals surface area (Å²) in [7, 11) is 4.19. The molecule has 0 spiro atoms. The monoisotopic (exact) mass is 238 g/mol. The van der Waals surface area contributed by atoms with E-state index >= 15 is 0 Å². The number of hydrogen-bond donors (Lipinski definition) is 1. The second-order valence-corrected chi connectivity index (χ2v) is 6.13. The van der Waals surface area contributed by atoms with Crippen molar-refractivity contribution in [2.75, 3.05) is 33.7 Å². The zero-order valence-corrected chi connectivity index (χ0v) is 11.8. The minimum atomic E-state index is -0.349. The maximum absolute atomic E-state index is 10.2. The van der Waals surface area contributed by atoms with Crippen LogP contribution in [-0.2, 0) is 0 Å². The summed E-state index contributed by atoms with van der Waals surface area (Å²) < 4.78 is 0. The lowest BCUT2D eigenvalue weighted by molar-refractivity contribution is 0.0175. The molecule has 3 heteroatoms. The highest BCUT2D eigenvalue weighted by Gasteiger charge is 2.27. The summed E-state index contributed by atoms with van der Waals surface area (Å²) in [5.41, 5.74) is 0.0228. The second kappa shape index (κ2) is 5.86. The molecule has 0 aliphatic carbocycles. The van der Waals surface area contributed by atoms with Crippen molar-refractivity contribution in [2.24, 2.45) is 5.41 Å². The highest BCUT2D eigenvalue weighted by Crippen LogP contribution is 2.13. The van der Waals surface area contributed by atoms with Crippen LogP contribution < -0.4 is 0 Å². The lowest BCUT2D eigenvalue weighted by Gasteiger charge is -2.39. The average Bonchev–Trinajstić information content (AvgIpc) is 2.19. The quantitative estimate of drug-likeness (QED) is 0.728. The Morgan fingerprint density at radius 3 is 2.53 bits per heavy atom. The lowest BCUT2D eigenvalue weighted by Crippen LogP contribution is -2.54. The summed E-state index contributed by atoms with van der Waals surface area (Å²) in [4.78, 5) is 4.51. The molecule has 0 amide bonds. The molecular weight excluding hydrogens is 212 g/mol. The van der Waals surface area contributed by atoms with E-state index in [0.29, 0.717) is 6.42 Å². The van der Waals surface area contributed by atoms with E-state index < -0.39 is 0 Å². The van der Waals surface area contributed by atoms with Crippen LogP contribution in [0.1, 0.15) is 27.2 Å². The van der Waals surface area contributed by atoms with Gasteiger partial charge in [0.25, 0.3) is 0 Å². The Labute approximate surface area is 106 Å². The fourth-order valence-corrected chi connectivity index (χ4v) is 2.02. The number of nitrogens with zero attached hydrogens (tertiary/aromatic N) is 2. The molecule has 17 heavy (non-hydrogen) atoms. The molecule has 2 atom stereocenters. The van der Waals surface area contributed by atoms with Gasteiger partial charge in [-0.05, 0) is 34.9 Å². The van der Waals surface area contributed by atoms with Crippen LogP contribution in [0.4, 0.5) is 0 Å². The highest BCUT2D eigenvalue weighted by molar-refractivity contribution is 5.08. The van der Waals surface area contributed by atoms with Crippen LogP contribution >= 0.6 is 0 Å². The van der Waals surface area contributed by atoms with Crippen LogP contribution in [0.2, 0.25) is 0 Å². The predicted octanol–water partition coefficient (Wildman–Crippen LogP) is 1.03. The van der Waals surface area contributed by atoms with E-state index in [2.05, 4.69) is 56.5 Å². The molecule has 1 N–H and O–H groups in total. The van der Waals surface area contributed by atoms with Gasteiger partial charge in [-0.25, -0.2) is 0 Å². The predicted molar refractivity (Wildman–Crippen MR) is 71.8 cm³/mol. The lowest BCUT2D eigenvalue weighted by atomic mass is 9.97. The molecular formula is C14H26N2O. The normalized spacial score (nSPS) is 25.2. The summed E-state index contributed by atoms with van der Waals surface area (Å²) in [6, 6.07) is 0.211. The first-order valence-electron chi connectivity index (χ1n) is 6.36. The van der Waals surface area contributed by atoms with E-state index in [9.17, 15) is 5.11 Å². The second-order valence-electron chi connectivity index (χ2n) is 6.13. The topological polar surface area (TPSA) is 26.7 Å². The first-order chi connectivity index (χ1) is 7.79. The van der Waals surface area contributed by atoms with Crippen LogP contribution in [0.25, 0.3) is 0 Å². The molecule has 1 aliphatic heterocycles. The number of aliphatic hydroxyl groups is 1. The van der Waals surface area contributed by atoms with Crippen molar-refractivity contribution in [2.45, 2.75) is 39.3 Å². The zero-order valence-electron chi connectivity index (χ0n) is 11.8. The van der Waals surface area contributed by atoms with Crippen LogP contribution in [0.3, 0.4) is 0 Å². The molecule has 1 heterocycles. The van der Waals surface area contributed by atoms with Gasteiger partial charge in [-0.15, -0.1) is 0 Å². The van der Waals surface area contributed by atoms with Crippen molar-refractivity contribution in [3.63, 3.8) is 0 Å². The van der Waals surface area contributed by atoms with Crippen molar-refractivity contribution in [3.8, 4) is 11.8 Å². The van der Waals surface area contributed by atoms with Crippen LogP contribution in [0.5, 0.6) is 0 Å². The van der Waals surface area contributed by atoms with Gasteiger partial charge < -0.3 is 10.0 Å². The number of aliphatic hydroxyl groups excluding tert-OH is 1. The maximum Gasteiger partial charge on any atom is 0.0816 e. The van der Waals surface area contributed by atoms with Crippen LogP contribution in [-0.4, -0.2) is 60.8 Å². The third-order valence-electron chi connectivity index (χ3n) is 3.12. The molecule has 0 bridgehead atoms. The van der Waals surface area contributed by atoms with Gasteiger partial charge in [0.2, 0.25) is 0 Å². The minimum absolute atomic E-state index is 0.0228. The van der Waals surface area contributed by atoms with Crippen molar-refractivity contribution >= 4 is 0 Å². The van der Waals surface area contributed by atoms with Gasteiger partial charge in [0, 0.05) is 37.5 Å². The van der Waals surface area contributed by atoms with E-state index in [1.807, 2.05) is 0 Å². The van der Waals surface area contributed by atoms with Gasteiger partial charge in [0.1, 0.15) is 0 Å². The minimum Gasteiger partial charge on any atom is -0.390 e. The molecule has 0 radical (unpaired) electrons. The van der Waals surface area contributed by atoms with E-state index in [0.717, 1.165) is 19.6 Å². The standard InChI is InChI=1S/C14H26N2O/c1-14(2,3)8-6-7-13(17)12-11-15(4)9-10-16(12)5/h12-13,17H,7,9-11H2,1-5H3. The fraction of sp³-hybridized carbons (Fsp3) is 0.857. The first kappa shape index (κ1) is 14.5. The van der Waals surface area contributed by atoms with Crippen molar-refractivity contribution in [1.29, 1.82) is 0 Å². The van der Waals surface area contributed by atoms with Crippen LogP contribution in [0.15, 0.2) is 0 Å². The van der Waals surface area contributed by atoms with Gasteiger partial charge in [0.15, 0.2) is 0 Å². The van der Waals surface area contributed by atoms with Gasteiger partial charge in [-0.3, -0.25) is 4.90 Å². The van der Waals surface area contributed by atoms with E-state index in [-0.39, 0.29) is 17.6 Å².